The molecule has 0 aromatic rings. The van der Waals surface area contributed by atoms with Gasteiger partial charge in [-0.15, -0.1) is 0 Å². The van der Waals surface area contributed by atoms with Crippen molar-refractivity contribution in [3.8, 4) is 0 Å². The highest BCUT2D eigenvalue weighted by atomic mass is 19.4. The first-order valence-electron chi connectivity index (χ1n) is 6.86. The quantitative estimate of drug-likeness (QED) is 0.783. The van der Waals surface area contributed by atoms with Gasteiger partial charge in [0.15, 0.2) is 0 Å². The minimum absolute atomic E-state index is 0.126. The van der Waals surface area contributed by atoms with E-state index >= 15 is 0 Å². The van der Waals surface area contributed by atoms with Crippen molar-refractivity contribution in [1.29, 1.82) is 0 Å². The molecule has 2 atom stereocenters. The van der Waals surface area contributed by atoms with E-state index in [9.17, 15) is 13.2 Å². The third-order valence-corrected chi connectivity index (χ3v) is 4.32. The largest absolute Gasteiger partial charge is 0.393 e. The monoisotopic (exact) mass is 249 g/mol. The average molecular weight is 249 g/mol. The van der Waals surface area contributed by atoms with E-state index in [4.69, 9.17) is 0 Å². The van der Waals surface area contributed by atoms with E-state index in [2.05, 4.69) is 5.32 Å². The van der Waals surface area contributed by atoms with Gasteiger partial charge in [0.25, 0.3) is 0 Å². The molecule has 1 saturated heterocycles. The topological polar surface area (TPSA) is 12.0 Å². The number of alkyl halides is 3. The van der Waals surface area contributed by atoms with Crippen LogP contribution in [0, 0.1) is 11.8 Å². The molecule has 0 bridgehead atoms. The van der Waals surface area contributed by atoms with Gasteiger partial charge in [0.1, 0.15) is 0 Å². The molecule has 1 saturated carbocycles. The zero-order valence-corrected chi connectivity index (χ0v) is 10.2. The highest BCUT2D eigenvalue weighted by molar-refractivity contribution is 4.83. The molecule has 0 amide bonds. The van der Waals surface area contributed by atoms with E-state index in [1.807, 2.05) is 0 Å². The van der Waals surface area contributed by atoms with Crippen molar-refractivity contribution in [3.63, 3.8) is 0 Å². The fraction of sp³-hybridized carbons (Fsp3) is 1.00. The summed E-state index contributed by atoms with van der Waals surface area (Å²) in [6.07, 6.45) is 4.60. The number of hydrogen-bond acceptors (Lipinski definition) is 1. The number of hydrogen-bond donors (Lipinski definition) is 1. The molecule has 17 heavy (non-hydrogen) atoms. The summed E-state index contributed by atoms with van der Waals surface area (Å²) in [6, 6.07) is 0.330. The summed E-state index contributed by atoms with van der Waals surface area (Å²) >= 11 is 0. The van der Waals surface area contributed by atoms with Crippen LogP contribution in [-0.4, -0.2) is 18.8 Å². The van der Waals surface area contributed by atoms with Gasteiger partial charge in [0.05, 0.1) is 5.92 Å². The Balaban J connectivity index is 1.71. The molecule has 1 heterocycles. The van der Waals surface area contributed by atoms with Crippen molar-refractivity contribution >= 4 is 0 Å². The van der Waals surface area contributed by atoms with Gasteiger partial charge in [-0.25, -0.2) is 0 Å². The summed E-state index contributed by atoms with van der Waals surface area (Å²) in [7, 11) is 0. The Morgan fingerprint density at radius 3 is 2.18 bits per heavy atom. The zero-order chi connectivity index (χ0) is 12.3. The Labute approximate surface area is 101 Å². The van der Waals surface area contributed by atoms with Crippen LogP contribution in [0.5, 0.6) is 0 Å². The van der Waals surface area contributed by atoms with Crippen molar-refractivity contribution < 1.29 is 13.2 Å². The molecule has 4 heteroatoms. The Hall–Kier alpha value is -0.250. The average Bonchev–Trinajstić information content (AvgIpc) is 2.30. The Kier molecular flexibility index (Phi) is 4.34. The zero-order valence-electron chi connectivity index (χ0n) is 10.2. The molecule has 1 nitrogen and oxygen atoms in total. The fourth-order valence-electron chi connectivity index (χ4n) is 3.22. The third kappa shape index (κ3) is 3.87. The number of halogens is 3. The molecule has 2 aliphatic rings. The number of nitrogens with one attached hydrogen (secondary N) is 1. The van der Waals surface area contributed by atoms with Crippen LogP contribution in [0.1, 0.15) is 51.4 Å². The maximum Gasteiger partial charge on any atom is 0.393 e. The molecule has 2 rings (SSSR count). The van der Waals surface area contributed by atoms with Crippen LogP contribution in [0.15, 0.2) is 0 Å². The lowest BCUT2D eigenvalue weighted by Gasteiger charge is -2.34. The second-order valence-corrected chi connectivity index (χ2v) is 5.66. The number of piperidine rings is 1. The van der Waals surface area contributed by atoms with Crippen LogP contribution >= 0.6 is 0 Å². The Morgan fingerprint density at radius 2 is 1.65 bits per heavy atom. The first-order chi connectivity index (χ1) is 8.05. The van der Waals surface area contributed by atoms with E-state index in [1.165, 1.54) is 32.1 Å². The fourth-order valence-corrected chi connectivity index (χ4v) is 3.22. The van der Waals surface area contributed by atoms with Crippen molar-refractivity contribution in [2.24, 2.45) is 11.8 Å². The van der Waals surface area contributed by atoms with Crippen LogP contribution in [0.4, 0.5) is 13.2 Å². The summed E-state index contributed by atoms with van der Waals surface area (Å²) in [5.41, 5.74) is 0. The lowest BCUT2D eigenvalue weighted by molar-refractivity contribution is -0.179. The summed E-state index contributed by atoms with van der Waals surface area (Å²) in [6.45, 7) is 0.126. The highest BCUT2D eigenvalue weighted by Crippen LogP contribution is 2.34. The maximum atomic E-state index is 12.5. The van der Waals surface area contributed by atoms with Crippen molar-refractivity contribution in [3.05, 3.63) is 0 Å². The molecule has 0 radical (unpaired) electrons. The molecule has 0 aromatic carbocycles. The van der Waals surface area contributed by atoms with E-state index in [0.29, 0.717) is 18.9 Å². The van der Waals surface area contributed by atoms with Gasteiger partial charge in [-0.3, -0.25) is 0 Å². The SMILES string of the molecule is FC(F)(F)C1CCC(CC2CCCCC2)NC1. The molecule has 100 valence electrons. The maximum absolute atomic E-state index is 12.5. The lowest BCUT2D eigenvalue weighted by Crippen LogP contribution is -2.44. The van der Waals surface area contributed by atoms with E-state index in [-0.39, 0.29) is 6.54 Å². The van der Waals surface area contributed by atoms with Crippen LogP contribution in [0.2, 0.25) is 0 Å². The van der Waals surface area contributed by atoms with Gasteiger partial charge < -0.3 is 5.32 Å². The summed E-state index contributed by atoms with van der Waals surface area (Å²) in [5, 5.41) is 3.10. The Morgan fingerprint density at radius 1 is 0.941 bits per heavy atom. The predicted octanol–water partition coefficient (Wildman–Crippen LogP) is 3.89. The first kappa shape index (κ1) is 13.2. The second-order valence-electron chi connectivity index (χ2n) is 5.66. The summed E-state index contributed by atoms with van der Waals surface area (Å²) < 4.78 is 37.5. The molecule has 2 fully saturated rings. The van der Waals surface area contributed by atoms with Gasteiger partial charge in [0, 0.05) is 12.6 Å². The highest BCUT2D eigenvalue weighted by Gasteiger charge is 2.41. The lowest BCUT2D eigenvalue weighted by atomic mass is 9.82. The number of rotatable bonds is 2. The van der Waals surface area contributed by atoms with Crippen molar-refractivity contribution in [2.45, 2.75) is 63.6 Å². The van der Waals surface area contributed by atoms with Crippen LogP contribution in [0.3, 0.4) is 0 Å². The summed E-state index contributed by atoms with van der Waals surface area (Å²) in [4.78, 5) is 0. The smallest absolute Gasteiger partial charge is 0.313 e. The molecule has 0 spiro atoms. The van der Waals surface area contributed by atoms with Crippen molar-refractivity contribution in [1.82, 2.24) is 5.32 Å². The Bertz CT molecular complexity index is 225. The minimum atomic E-state index is -4.01. The first-order valence-corrected chi connectivity index (χ1v) is 6.86. The van der Waals surface area contributed by atoms with Crippen LogP contribution in [0.25, 0.3) is 0 Å². The van der Waals surface area contributed by atoms with Crippen LogP contribution < -0.4 is 5.32 Å². The van der Waals surface area contributed by atoms with E-state index < -0.39 is 12.1 Å². The molecule has 0 aromatic heterocycles. The van der Waals surface area contributed by atoms with Gasteiger partial charge in [-0.05, 0) is 25.2 Å². The second kappa shape index (κ2) is 5.59. The molecule has 2 unspecified atom stereocenters. The molecule has 1 aliphatic heterocycles. The molecule has 1 aliphatic carbocycles. The van der Waals surface area contributed by atoms with Gasteiger partial charge >= 0.3 is 6.18 Å². The van der Waals surface area contributed by atoms with Crippen LogP contribution in [-0.2, 0) is 0 Å². The van der Waals surface area contributed by atoms with Gasteiger partial charge in [-0.2, -0.15) is 13.2 Å². The van der Waals surface area contributed by atoms with E-state index in [1.54, 1.807) is 0 Å². The molecule has 1 N–H and O–H groups in total. The van der Waals surface area contributed by atoms with Gasteiger partial charge in [0.2, 0.25) is 0 Å². The molecular formula is C13H22F3N. The third-order valence-electron chi connectivity index (χ3n) is 4.32. The van der Waals surface area contributed by atoms with E-state index in [0.717, 1.165) is 12.3 Å². The summed E-state index contributed by atoms with van der Waals surface area (Å²) in [5.74, 6) is -0.367. The standard InChI is InChI=1S/C13H22F3N/c14-13(15,16)11-6-7-12(17-9-11)8-10-4-2-1-3-5-10/h10-12,17H,1-9H2. The van der Waals surface area contributed by atoms with Crippen molar-refractivity contribution in [2.75, 3.05) is 6.54 Å². The predicted molar refractivity (Wildman–Crippen MR) is 61.8 cm³/mol. The normalized spacial score (nSPS) is 32.6. The molecular weight excluding hydrogens is 227 g/mol. The minimum Gasteiger partial charge on any atom is -0.313 e. The van der Waals surface area contributed by atoms with Gasteiger partial charge in [-0.1, -0.05) is 32.1 Å².